The van der Waals surface area contributed by atoms with Crippen LogP contribution in [0.3, 0.4) is 0 Å². The van der Waals surface area contributed by atoms with Crippen molar-refractivity contribution in [2.24, 2.45) is 0 Å². The molecule has 1 aliphatic heterocycles. The molecule has 1 aromatic heterocycles. The lowest BCUT2D eigenvalue weighted by Crippen LogP contribution is -2.28. The Kier molecular flexibility index (Phi) is 5.90. The molecule has 1 atom stereocenters. The van der Waals surface area contributed by atoms with E-state index in [1.54, 1.807) is 19.1 Å². The summed E-state index contributed by atoms with van der Waals surface area (Å²) in [6, 6.07) is 14.0. The van der Waals surface area contributed by atoms with Gasteiger partial charge < -0.3 is 5.11 Å². The highest BCUT2D eigenvalue weighted by atomic mass is 16.4. The maximum Gasteiger partial charge on any atom is 0.336 e. The van der Waals surface area contributed by atoms with E-state index in [9.17, 15) is 19.5 Å². The highest BCUT2D eigenvalue weighted by molar-refractivity contribution is 5.96. The molecule has 0 saturated carbocycles. The number of carboxylic acid groups (broad SMARTS) is 1. The SMILES string of the molecule is CCCCc1nc2n(c(=O)c1Cc1ccc(-c3ccccc3)c(C(=O)O)c1)C(C)C(=O)N2. The number of nitrogens with zero attached hydrogens (tertiary/aromatic N) is 2. The van der Waals surface area contributed by atoms with Gasteiger partial charge in [0.25, 0.3) is 5.56 Å². The Labute approximate surface area is 185 Å². The molecule has 2 aromatic carbocycles. The summed E-state index contributed by atoms with van der Waals surface area (Å²) in [7, 11) is 0. The number of nitrogens with one attached hydrogen (secondary N) is 1. The fourth-order valence-corrected chi connectivity index (χ4v) is 4.07. The first kappa shape index (κ1) is 21.5. The predicted octanol–water partition coefficient (Wildman–Crippen LogP) is 4.06. The van der Waals surface area contributed by atoms with Gasteiger partial charge in [-0.15, -0.1) is 0 Å². The highest BCUT2D eigenvalue weighted by Gasteiger charge is 2.31. The first-order chi connectivity index (χ1) is 15.4. The molecule has 3 aromatic rings. The number of anilines is 1. The van der Waals surface area contributed by atoms with E-state index >= 15 is 0 Å². The van der Waals surface area contributed by atoms with Gasteiger partial charge in [0.15, 0.2) is 0 Å². The summed E-state index contributed by atoms with van der Waals surface area (Å²) >= 11 is 0. The van der Waals surface area contributed by atoms with Gasteiger partial charge >= 0.3 is 5.97 Å². The van der Waals surface area contributed by atoms with Crippen molar-refractivity contribution in [2.45, 2.75) is 45.6 Å². The van der Waals surface area contributed by atoms with Gasteiger partial charge in [0, 0.05) is 12.0 Å². The van der Waals surface area contributed by atoms with E-state index in [-0.39, 0.29) is 29.4 Å². The molecule has 0 bridgehead atoms. The number of amides is 1. The van der Waals surface area contributed by atoms with Gasteiger partial charge in [-0.1, -0.05) is 55.8 Å². The Morgan fingerprint density at radius 2 is 1.91 bits per heavy atom. The average molecular weight is 431 g/mol. The van der Waals surface area contributed by atoms with E-state index in [4.69, 9.17) is 0 Å². The van der Waals surface area contributed by atoms with Crippen molar-refractivity contribution in [3.63, 3.8) is 0 Å². The molecule has 2 N–H and O–H groups in total. The number of carbonyl (C=O) groups is 2. The monoisotopic (exact) mass is 431 g/mol. The Bertz CT molecular complexity index is 1250. The summed E-state index contributed by atoms with van der Waals surface area (Å²) in [5.74, 6) is -0.995. The topological polar surface area (TPSA) is 101 Å². The molecule has 0 fully saturated rings. The molecule has 164 valence electrons. The van der Waals surface area contributed by atoms with Crippen molar-refractivity contribution in [3.8, 4) is 11.1 Å². The Balaban J connectivity index is 1.79. The number of unbranched alkanes of at least 4 members (excludes halogenated alkanes) is 1. The summed E-state index contributed by atoms with van der Waals surface area (Å²) < 4.78 is 1.39. The number of rotatable bonds is 7. The lowest BCUT2D eigenvalue weighted by molar-refractivity contribution is -0.117. The minimum absolute atomic E-state index is 0.184. The second kappa shape index (κ2) is 8.78. The van der Waals surface area contributed by atoms with Gasteiger partial charge in [0.05, 0.1) is 11.3 Å². The maximum atomic E-state index is 13.3. The molecule has 1 aliphatic rings. The van der Waals surface area contributed by atoms with E-state index in [1.165, 1.54) is 4.57 Å². The van der Waals surface area contributed by atoms with Crippen molar-refractivity contribution in [1.82, 2.24) is 9.55 Å². The van der Waals surface area contributed by atoms with Crippen LogP contribution in [0.15, 0.2) is 53.3 Å². The fraction of sp³-hybridized carbons (Fsp3) is 0.280. The van der Waals surface area contributed by atoms with Crippen LogP contribution < -0.4 is 10.9 Å². The van der Waals surface area contributed by atoms with Crippen LogP contribution >= 0.6 is 0 Å². The molecule has 1 amide bonds. The van der Waals surface area contributed by atoms with E-state index in [2.05, 4.69) is 17.2 Å². The number of aromatic carboxylic acids is 1. The quantitative estimate of drug-likeness (QED) is 0.588. The van der Waals surface area contributed by atoms with Crippen molar-refractivity contribution >= 4 is 17.8 Å². The van der Waals surface area contributed by atoms with Crippen molar-refractivity contribution in [3.05, 3.63) is 81.3 Å². The number of hydrogen-bond acceptors (Lipinski definition) is 4. The van der Waals surface area contributed by atoms with Gasteiger partial charge in [-0.3, -0.25) is 19.5 Å². The number of carbonyl (C=O) groups excluding carboxylic acids is 1. The zero-order chi connectivity index (χ0) is 22.8. The minimum Gasteiger partial charge on any atom is -0.478 e. The smallest absolute Gasteiger partial charge is 0.336 e. The first-order valence-electron chi connectivity index (χ1n) is 10.8. The van der Waals surface area contributed by atoms with Gasteiger partial charge in [-0.05, 0) is 42.5 Å². The van der Waals surface area contributed by atoms with Gasteiger partial charge in [0.1, 0.15) is 6.04 Å². The normalized spacial score (nSPS) is 14.8. The van der Waals surface area contributed by atoms with Crippen LogP contribution in [0.2, 0.25) is 0 Å². The third-order valence-electron chi connectivity index (χ3n) is 5.84. The second-order valence-electron chi connectivity index (χ2n) is 8.03. The molecule has 32 heavy (non-hydrogen) atoms. The number of aromatic nitrogens is 2. The van der Waals surface area contributed by atoms with Gasteiger partial charge in [-0.25, -0.2) is 9.78 Å². The molecule has 4 rings (SSSR count). The third kappa shape index (κ3) is 3.93. The van der Waals surface area contributed by atoms with E-state index < -0.39 is 12.0 Å². The zero-order valence-corrected chi connectivity index (χ0v) is 18.1. The standard InChI is InChI=1S/C25H25N3O4/c1-3-4-10-21-20(23(30)28-15(2)22(29)27-25(28)26-21)14-16-11-12-18(19(13-16)24(31)32)17-8-6-5-7-9-17/h5-9,11-13,15H,3-4,10,14H2,1-2H3,(H,31,32)(H,26,27,29). The molecule has 7 heteroatoms. The maximum absolute atomic E-state index is 13.3. The molecule has 7 nitrogen and oxygen atoms in total. The number of carboxylic acids is 1. The Morgan fingerprint density at radius 1 is 1.16 bits per heavy atom. The summed E-state index contributed by atoms with van der Waals surface area (Å²) in [5, 5.41) is 12.5. The van der Waals surface area contributed by atoms with Crippen LogP contribution in [-0.2, 0) is 17.6 Å². The third-order valence-corrected chi connectivity index (χ3v) is 5.84. The molecule has 2 heterocycles. The Morgan fingerprint density at radius 3 is 2.59 bits per heavy atom. The minimum atomic E-state index is -1.02. The summed E-state index contributed by atoms with van der Waals surface area (Å²) in [4.78, 5) is 42.0. The molecule has 0 radical (unpaired) electrons. The molecule has 0 saturated heterocycles. The lowest BCUT2D eigenvalue weighted by Gasteiger charge is -2.14. The van der Waals surface area contributed by atoms with Crippen LogP contribution in [0.4, 0.5) is 5.95 Å². The second-order valence-corrected chi connectivity index (χ2v) is 8.03. The molecular formula is C25H25N3O4. The average Bonchev–Trinajstić information content (AvgIpc) is 3.08. The van der Waals surface area contributed by atoms with Crippen molar-refractivity contribution in [2.75, 3.05) is 5.32 Å². The van der Waals surface area contributed by atoms with Crippen LogP contribution in [0.25, 0.3) is 11.1 Å². The number of aryl methyl sites for hydroxylation is 1. The molecule has 0 spiro atoms. The van der Waals surface area contributed by atoms with E-state index in [0.717, 1.165) is 18.4 Å². The molecule has 0 aliphatic carbocycles. The largest absolute Gasteiger partial charge is 0.478 e. The number of benzene rings is 2. The van der Waals surface area contributed by atoms with Crippen LogP contribution in [0.5, 0.6) is 0 Å². The predicted molar refractivity (Wildman–Crippen MR) is 122 cm³/mol. The summed E-state index contributed by atoms with van der Waals surface area (Å²) in [5.41, 5.74) is 3.25. The Hall–Kier alpha value is -3.74. The number of hydrogen-bond donors (Lipinski definition) is 2. The van der Waals surface area contributed by atoms with Crippen molar-refractivity contribution < 1.29 is 14.7 Å². The van der Waals surface area contributed by atoms with Crippen LogP contribution in [0, 0.1) is 0 Å². The van der Waals surface area contributed by atoms with Crippen LogP contribution in [-0.4, -0.2) is 26.5 Å². The van der Waals surface area contributed by atoms with E-state index in [0.29, 0.717) is 28.8 Å². The summed E-state index contributed by atoms with van der Waals surface area (Å²) in [6.45, 7) is 3.73. The molecule has 1 unspecified atom stereocenters. The fourth-order valence-electron chi connectivity index (χ4n) is 4.07. The van der Waals surface area contributed by atoms with Crippen molar-refractivity contribution in [1.29, 1.82) is 0 Å². The van der Waals surface area contributed by atoms with E-state index in [1.807, 2.05) is 36.4 Å². The van der Waals surface area contributed by atoms with Crippen LogP contribution in [0.1, 0.15) is 59.9 Å². The molecular weight excluding hydrogens is 406 g/mol. The lowest BCUT2D eigenvalue weighted by atomic mass is 9.94. The highest BCUT2D eigenvalue weighted by Crippen LogP contribution is 2.27. The number of fused-ring (bicyclic) bond motifs is 1. The zero-order valence-electron chi connectivity index (χ0n) is 18.1. The first-order valence-corrected chi connectivity index (χ1v) is 10.8. The van der Waals surface area contributed by atoms with Gasteiger partial charge in [-0.2, -0.15) is 0 Å². The summed E-state index contributed by atoms with van der Waals surface area (Å²) in [6.07, 6.45) is 2.67. The van der Waals surface area contributed by atoms with Gasteiger partial charge in [0.2, 0.25) is 11.9 Å².